The number of hydrogen-bond donors (Lipinski definition) is 0. The van der Waals surface area contributed by atoms with Crippen LogP contribution in [0.25, 0.3) is 0 Å². The Morgan fingerprint density at radius 1 is 1.47 bits per heavy atom. The molecule has 1 unspecified atom stereocenters. The quantitative estimate of drug-likeness (QED) is 0.793. The lowest BCUT2D eigenvalue weighted by molar-refractivity contribution is 0.367. The van der Waals surface area contributed by atoms with E-state index in [1.165, 1.54) is 4.31 Å². The minimum Gasteiger partial charge on any atom is -0.207 e. The lowest BCUT2D eigenvalue weighted by Gasteiger charge is -2.32. The van der Waals surface area contributed by atoms with Gasteiger partial charge in [-0.2, -0.15) is 16.1 Å². The first kappa shape index (κ1) is 15.4. The summed E-state index contributed by atoms with van der Waals surface area (Å²) in [4.78, 5) is 0.158. The molecule has 1 aromatic rings. The third-order valence-electron chi connectivity index (χ3n) is 3.04. The van der Waals surface area contributed by atoms with E-state index in [2.05, 4.69) is 0 Å². The highest BCUT2D eigenvalue weighted by molar-refractivity contribution is 7.99. The van der Waals surface area contributed by atoms with E-state index in [4.69, 9.17) is 23.2 Å². The van der Waals surface area contributed by atoms with Crippen LogP contribution in [0.4, 0.5) is 0 Å². The van der Waals surface area contributed by atoms with Crippen molar-refractivity contribution in [3.05, 3.63) is 28.8 Å². The van der Waals surface area contributed by atoms with E-state index >= 15 is 0 Å². The molecular weight excluding hydrogens is 325 g/mol. The van der Waals surface area contributed by atoms with Crippen LogP contribution in [0.3, 0.4) is 0 Å². The normalized spacial score (nSPS) is 21.5. The van der Waals surface area contributed by atoms with Gasteiger partial charge in [0, 0.05) is 30.0 Å². The van der Waals surface area contributed by atoms with Crippen molar-refractivity contribution in [1.29, 1.82) is 0 Å². The van der Waals surface area contributed by atoms with Crippen LogP contribution in [-0.4, -0.2) is 36.8 Å². The number of thioether (sulfide) groups is 1. The topological polar surface area (TPSA) is 37.4 Å². The Labute approximate surface area is 128 Å². The maximum Gasteiger partial charge on any atom is 0.244 e. The van der Waals surface area contributed by atoms with Crippen molar-refractivity contribution in [3.8, 4) is 0 Å². The second-order valence-corrected chi connectivity index (χ2v) is 8.12. The predicted molar refractivity (Wildman–Crippen MR) is 81.7 cm³/mol. The molecule has 2 rings (SSSR count). The summed E-state index contributed by atoms with van der Waals surface area (Å²) in [5.74, 6) is 1.90. The Bertz CT molecular complexity index is 563. The van der Waals surface area contributed by atoms with Crippen LogP contribution >= 0.6 is 35.0 Å². The summed E-state index contributed by atoms with van der Waals surface area (Å²) < 4.78 is 26.9. The van der Waals surface area contributed by atoms with E-state index in [0.29, 0.717) is 6.54 Å². The van der Waals surface area contributed by atoms with E-state index in [1.807, 2.05) is 6.92 Å². The second kappa shape index (κ2) is 6.22. The van der Waals surface area contributed by atoms with Gasteiger partial charge in [0.15, 0.2) is 0 Å². The first-order valence-corrected chi connectivity index (χ1v) is 9.41. The third-order valence-corrected chi connectivity index (χ3v) is 7.04. The van der Waals surface area contributed by atoms with E-state index in [-0.39, 0.29) is 21.8 Å². The lowest BCUT2D eigenvalue weighted by Crippen LogP contribution is -2.44. The molecule has 7 heteroatoms. The fourth-order valence-corrected chi connectivity index (χ4v) is 5.57. The van der Waals surface area contributed by atoms with Gasteiger partial charge in [0.05, 0.1) is 5.02 Å². The Kier molecular flexibility index (Phi) is 5.06. The molecule has 1 fully saturated rings. The fraction of sp³-hybridized carbons (Fsp3) is 0.500. The first-order chi connectivity index (χ1) is 8.96. The average Bonchev–Trinajstić information content (AvgIpc) is 2.39. The zero-order valence-electron chi connectivity index (χ0n) is 10.5. The smallest absolute Gasteiger partial charge is 0.207 e. The van der Waals surface area contributed by atoms with Gasteiger partial charge < -0.3 is 0 Å². The van der Waals surface area contributed by atoms with Gasteiger partial charge in [-0.15, -0.1) is 11.6 Å². The first-order valence-electron chi connectivity index (χ1n) is 5.91. The van der Waals surface area contributed by atoms with Crippen LogP contribution in [0, 0.1) is 0 Å². The van der Waals surface area contributed by atoms with E-state index in [0.717, 1.165) is 17.1 Å². The third kappa shape index (κ3) is 3.22. The Balaban J connectivity index is 2.43. The van der Waals surface area contributed by atoms with Crippen LogP contribution < -0.4 is 0 Å². The summed E-state index contributed by atoms with van der Waals surface area (Å²) in [5.41, 5.74) is 0.753. The Hall–Kier alpha value is 0.0600. The van der Waals surface area contributed by atoms with Crippen LogP contribution in [0.15, 0.2) is 23.1 Å². The van der Waals surface area contributed by atoms with Gasteiger partial charge >= 0.3 is 0 Å². The summed E-state index contributed by atoms with van der Waals surface area (Å²) in [6, 6.07) is 4.89. The molecule has 0 radical (unpaired) electrons. The number of hydrogen-bond acceptors (Lipinski definition) is 3. The largest absolute Gasteiger partial charge is 0.244 e. The molecule has 106 valence electrons. The highest BCUT2D eigenvalue weighted by Crippen LogP contribution is 2.30. The van der Waals surface area contributed by atoms with Crippen molar-refractivity contribution in [2.75, 3.05) is 18.1 Å². The molecule has 1 heterocycles. The maximum atomic E-state index is 12.7. The zero-order chi connectivity index (χ0) is 14.0. The maximum absolute atomic E-state index is 12.7. The molecule has 0 spiro atoms. The minimum atomic E-state index is -3.55. The number of halogens is 2. The van der Waals surface area contributed by atoms with Gasteiger partial charge in [0.1, 0.15) is 4.90 Å². The highest BCUT2D eigenvalue weighted by Gasteiger charge is 2.32. The molecule has 1 aliphatic rings. The zero-order valence-corrected chi connectivity index (χ0v) is 13.6. The van der Waals surface area contributed by atoms with Crippen LogP contribution in [-0.2, 0) is 15.9 Å². The van der Waals surface area contributed by atoms with Crippen molar-refractivity contribution in [1.82, 2.24) is 4.31 Å². The Morgan fingerprint density at radius 3 is 2.84 bits per heavy atom. The molecule has 1 aromatic carbocycles. The number of rotatable bonds is 3. The second-order valence-electron chi connectivity index (χ2n) is 4.44. The van der Waals surface area contributed by atoms with E-state index < -0.39 is 10.0 Å². The molecule has 19 heavy (non-hydrogen) atoms. The summed E-state index contributed by atoms with van der Waals surface area (Å²) in [6.07, 6.45) is 0. The molecule has 0 amide bonds. The van der Waals surface area contributed by atoms with Crippen molar-refractivity contribution in [3.63, 3.8) is 0 Å². The molecule has 1 atom stereocenters. The van der Waals surface area contributed by atoms with Gasteiger partial charge in [-0.25, -0.2) is 8.42 Å². The lowest BCUT2D eigenvalue weighted by atomic mass is 10.2. The van der Waals surface area contributed by atoms with Gasteiger partial charge in [0.2, 0.25) is 10.0 Å². The molecule has 0 bridgehead atoms. The monoisotopic (exact) mass is 339 g/mol. The fourth-order valence-electron chi connectivity index (χ4n) is 2.02. The molecule has 3 nitrogen and oxygen atoms in total. The minimum absolute atomic E-state index is 0.0144. The van der Waals surface area contributed by atoms with Crippen molar-refractivity contribution in [2.24, 2.45) is 0 Å². The number of benzene rings is 1. The Morgan fingerprint density at radius 2 is 2.21 bits per heavy atom. The number of alkyl halides is 1. The molecule has 0 aromatic heterocycles. The van der Waals surface area contributed by atoms with Crippen LogP contribution in [0.2, 0.25) is 5.02 Å². The van der Waals surface area contributed by atoms with Crippen molar-refractivity contribution >= 4 is 45.0 Å². The highest BCUT2D eigenvalue weighted by atomic mass is 35.5. The molecular formula is C12H15Cl2NO2S2. The van der Waals surface area contributed by atoms with E-state index in [1.54, 1.807) is 30.0 Å². The van der Waals surface area contributed by atoms with Gasteiger partial charge in [-0.3, -0.25) is 0 Å². The molecule has 0 aliphatic carbocycles. The molecule has 1 saturated heterocycles. The predicted octanol–water partition coefficient (Wildman–Crippen LogP) is 3.20. The van der Waals surface area contributed by atoms with Crippen molar-refractivity contribution < 1.29 is 8.42 Å². The number of sulfonamides is 1. The molecule has 0 N–H and O–H groups in total. The standard InChI is InChI=1S/C12H15Cl2NO2S2/c1-9-8-18-5-4-15(9)19(16,17)12-6-10(7-13)2-3-11(12)14/h2-3,6,9H,4-5,7-8H2,1H3. The molecule has 1 aliphatic heterocycles. The summed E-state index contributed by atoms with van der Waals surface area (Å²) in [6.45, 7) is 2.44. The average molecular weight is 340 g/mol. The number of nitrogens with zero attached hydrogens (tertiary/aromatic N) is 1. The van der Waals surface area contributed by atoms with Crippen molar-refractivity contribution in [2.45, 2.75) is 23.7 Å². The SMILES string of the molecule is CC1CSCCN1S(=O)(=O)c1cc(CCl)ccc1Cl. The van der Waals surface area contributed by atoms with Crippen LogP contribution in [0.1, 0.15) is 12.5 Å². The van der Waals surface area contributed by atoms with Crippen LogP contribution in [0.5, 0.6) is 0 Å². The van der Waals surface area contributed by atoms with Gasteiger partial charge in [0.25, 0.3) is 0 Å². The van der Waals surface area contributed by atoms with Gasteiger partial charge in [-0.1, -0.05) is 17.7 Å². The van der Waals surface area contributed by atoms with Gasteiger partial charge in [-0.05, 0) is 24.6 Å². The van der Waals surface area contributed by atoms with E-state index in [9.17, 15) is 8.42 Å². The summed E-state index contributed by atoms with van der Waals surface area (Å²) in [5, 5.41) is 0.249. The molecule has 0 saturated carbocycles. The summed E-state index contributed by atoms with van der Waals surface area (Å²) in [7, 11) is -3.55. The summed E-state index contributed by atoms with van der Waals surface area (Å²) >= 11 is 13.6.